The predicted octanol–water partition coefficient (Wildman–Crippen LogP) is 1.34. The van der Waals surface area contributed by atoms with Crippen LogP contribution in [0.2, 0.25) is 0 Å². The van der Waals surface area contributed by atoms with Crippen LogP contribution in [0.4, 0.5) is 0 Å². The van der Waals surface area contributed by atoms with Crippen LogP contribution in [-0.4, -0.2) is 50.8 Å². The second-order valence-corrected chi connectivity index (χ2v) is 4.47. The minimum absolute atomic E-state index is 0.501. The minimum Gasteiger partial charge on any atom is -0.378 e. The summed E-state index contributed by atoms with van der Waals surface area (Å²) in [4.78, 5) is 2.33. The van der Waals surface area contributed by atoms with Crippen LogP contribution in [-0.2, 0) is 4.74 Å². The van der Waals surface area contributed by atoms with Crippen molar-refractivity contribution in [2.75, 3.05) is 39.8 Å². The molecule has 15 heavy (non-hydrogen) atoms. The van der Waals surface area contributed by atoms with Crippen LogP contribution in [0.1, 0.15) is 26.7 Å². The number of rotatable bonds is 7. The second kappa shape index (κ2) is 7.20. The zero-order valence-corrected chi connectivity index (χ0v) is 10.5. The van der Waals surface area contributed by atoms with Crippen molar-refractivity contribution in [2.24, 2.45) is 5.92 Å². The van der Waals surface area contributed by atoms with E-state index in [0.29, 0.717) is 6.10 Å². The lowest BCUT2D eigenvalue weighted by Gasteiger charge is -2.19. The highest BCUT2D eigenvalue weighted by atomic mass is 16.5. The molecular formula is C12H26N2O. The van der Waals surface area contributed by atoms with Crippen molar-refractivity contribution in [3.8, 4) is 0 Å². The fourth-order valence-electron chi connectivity index (χ4n) is 2.09. The molecule has 0 saturated carbocycles. The standard InChI is InChI=1S/C12H26N2O/c1-4-12-11(6-9-15-12)10-13-7-8-14(3)5-2/h11-13H,4-10H2,1-3H3. The lowest BCUT2D eigenvalue weighted by atomic mass is 10.00. The molecule has 90 valence electrons. The molecule has 1 N–H and O–H groups in total. The van der Waals surface area contributed by atoms with Gasteiger partial charge in [-0.25, -0.2) is 0 Å². The Morgan fingerprint density at radius 1 is 1.40 bits per heavy atom. The fraction of sp³-hybridized carbons (Fsp3) is 1.00. The summed E-state index contributed by atoms with van der Waals surface area (Å²) in [6.45, 7) is 9.85. The van der Waals surface area contributed by atoms with Crippen molar-refractivity contribution in [3.63, 3.8) is 0 Å². The summed E-state index contributed by atoms with van der Waals surface area (Å²) in [6.07, 6.45) is 2.89. The lowest BCUT2D eigenvalue weighted by Crippen LogP contribution is -2.34. The molecule has 1 fully saturated rings. The van der Waals surface area contributed by atoms with Crippen LogP contribution in [0, 0.1) is 5.92 Å². The summed E-state index contributed by atoms with van der Waals surface area (Å²) in [5.41, 5.74) is 0. The molecular weight excluding hydrogens is 188 g/mol. The molecule has 0 aromatic carbocycles. The third-order valence-electron chi connectivity index (χ3n) is 3.37. The number of ether oxygens (including phenoxy) is 1. The molecule has 2 atom stereocenters. The highest BCUT2D eigenvalue weighted by Crippen LogP contribution is 2.22. The Balaban J connectivity index is 2.04. The van der Waals surface area contributed by atoms with Crippen LogP contribution in [0.3, 0.4) is 0 Å². The van der Waals surface area contributed by atoms with Gasteiger partial charge in [0.25, 0.3) is 0 Å². The van der Waals surface area contributed by atoms with Crippen molar-refractivity contribution in [2.45, 2.75) is 32.8 Å². The van der Waals surface area contributed by atoms with E-state index in [2.05, 4.69) is 31.1 Å². The molecule has 3 heteroatoms. The zero-order chi connectivity index (χ0) is 11.1. The van der Waals surface area contributed by atoms with E-state index in [1.807, 2.05) is 0 Å². The highest BCUT2D eigenvalue weighted by Gasteiger charge is 2.25. The van der Waals surface area contributed by atoms with Gasteiger partial charge in [0.15, 0.2) is 0 Å². The predicted molar refractivity (Wildman–Crippen MR) is 64.2 cm³/mol. The van der Waals surface area contributed by atoms with Crippen molar-refractivity contribution in [1.82, 2.24) is 10.2 Å². The van der Waals surface area contributed by atoms with Crippen LogP contribution in [0.5, 0.6) is 0 Å². The van der Waals surface area contributed by atoms with E-state index < -0.39 is 0 Å². The molecule has 1 heterocycles. The molecule has 0 aliphatic carbocycles. The first-order valence-electron chi connectivity index (χ1n) is 6.28. The molecule has 0 bridgehead atoms. The molecule has 2 unspecified atom stereocenters. The van der Waals surface area contributed by atoms with E-state index in [1.54, 1.807) is 0 Å². The molecule has 0 aromatic heterocycles. The molecule has 0 radical (unpaired) electrons. The van der Waals surface area contributed by atoms with E-state index in [4.69, 9.17) is 4.74 Å². The smallest absolute Gasteiger partial charge is 0.0613 e. The first kappa shape index (κ1) is 12.9. The highest BCUT2D eigenvalue weighted by molar-refractivity contribution is 4.77. The van der Waals surface area contributed by atoms with Gasteiger partial charge in [0.2, 0.25) is 0 Å². The van der Waals surface area contributed by atoms with Gasteiger partial charge in [0.1, 0.15) is 0 Å². The van der Waals surface area contributed by atoms with Gasteiger partial charge in [-0.2, -0.15) is 0 Å². The van der Waals surface area contributed by atoms with Crippen LogP contribution < -0.4 is 5.32 Å². The number of nitrogens with zero attached hydrogens (tertiary/aromatic N) is 1. The van der Waals surface area contributed by atoms with Gasteiger partial charge in [-0.3, -0.25) is 0 Å². The van der Waals surface area contributed by atoms with E-state index >= 15 is 0 Å². The summed E-state index contributed by atoms with van der Waals surface area (Å²) in [6, 6.07) is 0. The summed E-state index contributed by atoms with van der Waals surface area (Å²) in [7, 11) is 2.16. The second-order valence-electron chi connectivity index (χ2n) is 4.47. The largest absolute Gasteiger partial charge is 0.378 e. The maximum Gasteiger partial charge on any atom is 0.0613 e. The topological polar surface area (TPSA) is 24.5 Å². The minimum atomic E-state index is 0.501. The Bertz CT molecular complexity index is 164. The van der Waals surface area contributed by atoms with Gasteiger partial charge in [-0.15, -0.1) is 0 Å². The van der Waals surface area contributed by atoms with Crippen LogP contribution >= 0.6 is 0 Å². The number of likely N-dealkylation sites (N-methyl/N-ethyl adjacent to an activating group) is 1. The summed E-state index contributed by atoms with van der Waals surface area (Å²) < 4.78 is 5.66. The fourth-order valence-corrected chi connectivity index (χ4v) is 2.09. The van der Waals surface area contributed by atoms with E-state index in [1.165, 1.54) is 6.42 Å². The van der Waals surface area contributed by atoms with E-state index in [-0.39, 0.29) is 0 Å². The molecule has 1 aliphatic rings. The van der Waals surface area contributed by atoms with Gasteiger partial charge < -0.3 is 15.0 Å². The maximum atomic E-state index is 5.66. The summed E-state index contributed by atoms with van der Waals surface area (Å²) >= 11 is 0. The third kappa shape index (κ3) is 4.49. The molecule has 1 aliphatic heterocycles. The Morgan fingerprint density at radius 2 is 2.20 bits per heavy atom. The van der Waals surface area contributed by atoms with Crippen molar-refractivity contribution in [1.29, 1.82) is 0 Å². The monoisotopic (exact) mass is 214 g/mol. The van der Waals surface area contributed by atoms with Crippen molar-refractivity contribution in [3.05, 3.63) is 0 Å². The molecule has 3 nitrogen and oxygen atoms in total. The average Bonchev–Trinajstić information content (AvgIpc) is 2.71. The van der Waals surface area contributed by atoms with Gasteiger partial charge in [-0.1, -0.05) is 13.8 Å². The quantitative estimate of drug-likeness (QED) is 0.647. The number of nitrogens with one attached hydrogen (secondary N) is 1. The van der Waals surface area contributed by atoms with Gasteiger partial charge in [0.05, 0.1) is 6.10 Å². The lowest BCUT2D eigenvalue weighted by molar-refractivity contribution is 0.0872. The van der Waals surface area contributed by atoms with E-state index in [0.717, 1.165) is 45.1 Å². The third-order valence-corrected chi connectivity index (χ3v) is 3.37. The van der Waals surface area contributed by atoms with Crippen molar-refractivity contribution >= 4 is 0 Å². The Labute approximate surface area is 94.2 Å². The average molecular weight is 214 g/mol. The number of hydrogen-bond donors (Lipinski definition) is 1. The Morgan fingerprint density at radius 3 is 2.87 bits per heavy atom. The normalized spacial score (nSPS) is 26.4. The first-order chi connectivity index (χ1) is 7.27. The van der Waals surface area contributed by atoms with Gasteiger partial charge >= 0.3 is 0 Å². The zero-order valence-electron chi connectivity index (χ0n) is 10.5. The molecule has 0 amide bonds. The first-order valence-corrected chi connectivity index (χ1v) is 6.28. The van der Waals surface area contributed by atoms with Crippen LogP contribution in [0.25, 0.3) is 0 Å². The molecule has 0 aromatic rings. The Hall–Kier alpha value is -0.120. The summed E-state index contributed by atoms with van der Waals surface area (Å²) in [5.74, 6) is 0.738. The van der Waals surface area contributed by atoms with Gasteiger partial charge in [0, 0.05) is 26.2 Å². The Kier molecular flexibility index (Phi) is 6.22. The molecule has 1 saturated heterocycles. The number of hydrogen-bond acceptors (Lipinski definition) is 3. The maximum absolute atomic E-state index is 5.66. The van der Waals surface area contributed by atoms with Crippen LogP contribution in [0.15, 0.2) is 0 Å². The molecule has 1 rings (SSSR count). The molecule has 0 spiro atoms. The SMILES string of the molecule is CCC1OCCC1CNCCN(C)CC. The van der Waals surface area contributed by atoms with E-state index in [9.17, 15) is 0 Å². The van der Waals surface area contributed by atoms with Gasteiger partial charge in [-0.05, 0) is 32.4 Å². The summed E-state index contributed by atoms with van der Waals surface area (Å²) in [5, 5.41) is 3.54. The van der Waals surface area contributed by atoms with Crippen molar-refractivity contribution < 1.29 is 4.74 Å².